The van der Waals surface area contributed by atoms with Crippen LogP contribution in [0.3, 0.4) is 0 Å². The third kappa shape index (κ3) is 8.63. The minimum Gasteiger partial charge on any atom is -0.504 e. The van der Waals surface area contributed by atoms with Gasteiger partial charge in [0.15, 0.2) is 11.5 Å². The molecule has 152 valence electrons. The Labute approximate surface area is 155 Å². The zero-order valence-corrected chi connectivity index (χ0v) is 15.3. The molecule has 0 unspecified atom stereocenters. The van der Waals surface area contributed by atoms with Crippen molar-refractivity contribution in [3.05, 3.63) is 27.8 Å². The molecule has 1 amide bonds. The van der Waals surface area contributed by atoms with Crippen molar-refractivity contribution in [3.8, 4) is 11.5 Å². The highest BCUT2D eigenvalue weighted by Gasteiger charge is 2.23. The van der Waals surface area contributed by atoms with Gasteiger partial charge in [0.2, 0.25) is 0 Å². The molecule has 4 N–H and O–H groups in total. The quantitative estimate of drug-likeness (QED) is 0.216. The van der Waals surface area contributed by atoms with Gasteiger partial charge in [-0.05, 0) is 0 Å². The van der Waals surface area contributed by atoms with Crippen LogP contribution in [0.5, 0.6) is 11.5 Å². The molecule has 0 radical (unpaired) electrons. The summed E-state index contributed by atoms with van der Waals surface area (Å²) in [5.41, 5.74) is -0.846. The van der Waals surface area contributed by atoms with E-state index in [1.165, 1.54) is 0 Å². The lowest BCUT2D eigenvalue weighted by molar-refractivity contribution is -0.385. The Balaban J connectivity index is 0.000000646. The summed E-state index contributed by atoms with van der Waals surface area (Å²) in [4.78, 5) is 24.3. The first kappa shape index (κ1) is 22.6. The number of benzene rings is 1. The first-order valence-electron chi connectivity index (χ1n) is 7.70. The number of phenolic OH excluding ortho intramolecular Hbond substituents is 2. The van der Waals surface area contributed by atoms with Gasteiger partial charge in [0.05, 0.1) is 30.5 Å². The van der Waals surface area contributed by atoms with E-state index in [1.807, 2.05) is 0 Å². The Morgan fingerprint density at radius 1 is 1.30 bits per heavy atom. The van der Waals surface area contributed by atoms with Crippen molar-refractivity contribution in [1.82, 2.24) is 10.2 Å². The maximum atomic E-state index is 12.0. The predicted octanol–water partition coefficient (Wildman–Crippen LogP) is -0.428. The van der Waals surface area contributed by atoms with E-state index in [0.717, 1.165) is 25.2 Å². The van der Waals surface area contributed by atoms with Crippen LogP contribution in [0.1, 0.15) is 10.4 Å². The Morgan fingerprint density at radius 3 is 2.33 bits per heavy atom. The highest BCUT2D eigenvalue weighted by molar-refractivity contribution is 7.85. The summed E-state index contributed by atoms with van der Waals surface area (Å²) in [6, 6.07) is 1.64. The minimum atomic E-state index is -3.67. The highest BCUT2D eigenvalue weighted by Crippen LogP contribution is 2.32. The van der Waals surface area contributed by atoms with Crippen molar-refractivity contribution in [2.45, 2.75) is 0 Å². The smallest absolute Gasteiger partial charge is 0.286 e. The summed E-state index contributed by atoms with van der Waals surface area (Å²) < 4.78 is 31.1. The normalized spacial score (nSPS) is 14.7. The summed E-state index contributed by atoms with van der Waals surface area (Å²) in [6.07, 6.45) is 0.715. The van der Waals surface area contributed by atoms with Gasteiger partial charge >= 0.3 is 0 Å². The summed E-state index contributed by atoms with van der Waals surface area (Å²) in [5.74, 6) is -1.89. The van der Waals surface area contributed by atoms with Gasteiger partial charge in [0.25, 0.3) is 21.7 Å². The third-order valence-electron chi connectivity index (χ3n) is 3.35. The minimum absolute atomic E-state index is 0.290. The Hall–Kier alpha value is -2.48. The number of rotatable bonds is 5. The number of nitrogens with zero attached hydrogens (tertiary/aromatic N) is 2. The maximum Gasteiger partial charge on any atom is 0.286 e. The number of nitro benzene ring substituents is 1. The van der Waals surface area contributed by atoms with E-state index < -0.39 is 38.1 Å². The number of amides is 1. The number of nitrogens with one attached hydrogen (secondary N) is 1. The van der Waals surface area contributed by atoms with Gasteiger partial charge in [0.1, 0.15) is 5.56 Å². The molecule has 1 saturated heterocycles. The average Bonchev–Trinajstić information content (AvgIpc) is 2.56. The van der Waals surface area contributed by atoms with E-state index in [9.17, 15) is 33.5 Å². The van der Waals surface area contributed by atoms with Crippen LogP contribution in [0.4, 0.5) is 5.69 Å². The van der Waals surface area contributed by atoms with Gasteiger partial charge in [-0.25, -0.2) is 0 Å². The van der Waals surface area contributed by atoms with E-state index in [4.69, 9.17) is 9.29 Å². The fourth-order valence-corrected chi connectivity index (χ4v) is 2.15. The van der Waals surface area contributed by atoms with Crippen LogP contribution in [0.15, 0.2) is 12.1 Å². The second-order valence-electron chi connectivity index (χ2n) is 5.56. The molecule has 0 atom stereocenters. The summed E-state index contributed by atoms with van der Waals surface area (Å²) >= 11 is 0. The molecule has 1 aliphatic heterocycles. The van der Waals surface area contributed by atoms with Crippen LogP contribution in [0, 0.1) is 10.1 Å². The number of ether oxygens (including phenoxy) is 1. The molecule has 0 saturated carbocycles. The molecule has 0 aromatic heterocycles. The Bertz CT molecular complexity index is 768. The second kappa shape index (κ2) is 10.0. The predicted molar refractivity (Wildman–Crippen MR) is 93.5 cm³/mol. The van der Waals surface area contributed by atoms with Crippen LogP contribution in [-0.2, 0) is 14.9 Å². The molecule has 12 nitrogen and oxygen atoms in total. The number of carbonyl (C=O) groups is 1. The fourth-order valence-electron chi connectivity index (χ4n) is 2.15. The van der Waals surface area contributed by atoms with Crippen molar-refractivity contribution in [3.63, 3.8) is 0 Å². The molecule has 1 heterocycles. The number of hydrogen-bond acceptors (Lipinski definition) is 9. The lowest BCUT2D eigenvalue weighted by atomic mass is 10.1. The molecule has 0 bridgehead atoms. The van der Waals surface area contributed by atoms with Gasteiger partial charge in [-0.3, -0.25) is 24.4 Å². The average molecular weight is 407 g/mol. The summed E-state index contributed by atoms with van der Waals surface area (Å²) in [5, 5.41) is 32.2. The molecule has 27 heavy (non-hydrogen) atoms. The third-order valence-corrected chi connectivity index (χ3v) is 3.35. The monoisotopic (exact) mass is 407 g/mol. The van der Waals surface area contributed by atoms with Gasteiger partial charge in [0, 0.05) is 32.2 Å². The van der Waals surface area contributed by atoms with Crippen LogP contribution in [0.2, 0.25) is 0 Å². The molecule has 2 rings (SSSR count). The number of morpholine rings is 1. The Morgan fingerprint density at radius 2 is 1.81 bits per heavy atom. The van der Waals surface area contributed by atoms with E-state index >= 15 is 0 Å². The van der Waals surface area contributed by atoms with Crippen molar-refractivity contribution >= 4 is 21.7 Å². The molecule has 0 aliphatic carbocycles. The molecule has 0 spiro atoms. The largest absolute Gasteiger partial charge is 0.504 e. The molecule has 1 fully saturated rings. The van der Waals surface area contributed by atoms with Crippen molar-refractivity contribution in [2.24, 2.45) is 0 Å². The lowest BCUT2D eigenvalue weighted by Gasteiger charge is -2.26. The van der Waals surface area contributed by atoms with Gasteiger partial charge in [-0.2, -0.15) is 8.42 Å². The maximum absolute atomic E-state index is 12.0. The summed E-state index contributed by atoms with van der Waals surface area (Å²) in [6.45, 7) is 3.76. The van der Waals surface area contributed by atoms with Crippen LogP contribution < -0.4 is 5.32 Å². The zero-order chi connectivity index (χ0) is 20.6. The number of aromatic hydroxyl groups is 2. The van der Waals surface area contributed by atoms with E-state index in [2.05, 4.69) is 10.2 Å². The van der Waals surface area contributed by atoms with Crippen LogP contribution >= 0.6 is 0 Å². The standard InChI is InChI=1S/C13H17N3O6.CH4O3S/c17-11-7-9(10(16(20)21)8-12(11)18)13(19)14-1-2-15-3-5-22-6-4-15;1-5(2,3)4/h7-8,17-18H,1-6H2,(H,14,19);1H3,(H,2,3,4). The number of hydrogen-bond donors (Lipinski definition) is 4. The number of carbonyl (C=O) groups excluding carboxylic acids is 1. The SMILES string of the molecule is CS(=O)(=O)O.O=C(NCCN1CCOCC1)c1cc(O)c(O)cc1[N+](=O)[O-]. The van der Waals surface area contributed by atoms with Crippen molar-refractivity contribution in [2.75, 3.05) is 45.6 Å². The molecular weight excluding hydrogens is 386 g/mol. The summed E-state index contributed by atoms with van der Waals surface area (Å²) in [7, 11) is -3.67. The first-order valence-corrected chi connectivity index (χ1v) is 9.55. The molecule has 1 aromatic rings. The second-order valence-corrected chi connectivity index (χ2v) is 7.02. The Kier molecular flexibility index (Phi) is 8.36. The number of nitro groups is 1. The lowest BCUT2D eigenvalue weighted by Crippen LogP contribution is -2.41. The van der Waals surface area contributed by atoms with Gasteiger partial charge in [-0.15, -0.1) is 0 Å². The highest BCUT2D eigenvalue weighted by atomic mass is 32.2. The molecule has 1 aliphatic rings. The van der Waals surface area contributed by atoms with E-state index in [1.54, 1.807) is 0 Å². The molecular formula is C14H21N3O9S. The molecule has 13 heteroatoms. The fraction of sp³-hybridized carbons (Fsp3) is 0.500. The van der Waals surface area contributed by atoms with E-state index in [0.29, 0.717) is 32.6 Å². The first-order chi connectivity index (χ1) is 12.5. The van der Waals surface area contributed by atoms with Crippen LogP contribution in [-0.4, -0.2) is 84.6 Å². The van der Waals surface area contributed by atoms with E-state index in [-0.39, 0.29) is 5.56 Å². The van der Waals surface area contributed by atoms with Crippen molar-refractivity contribution < 1.29 is 37.6 Å². The zero-order valence-electron chi connectivity index (χ0n) is 14.5. The van der Waals surface area contributed by atoms with Crippen molar-refractivity contribution in [1.29, 1.82) is 0 Å². The number of phenols is 2. The van der Waals surface area contributed by atoms with Crippen LogP contribution in [0.25, 0.3) is 0 Å². The molecule has 1 aromatic carbocycles. The van der Waals surface area contributed by atoms with Gasteiger partial charge in [-0.1, -0.05) is 0 Å². The van der Waals surface area contributed by atoms with Gasteiger partial charge < -0.3 is 20.3 Å². The topological polar surface area (TPSA) is 180 Å².